The van der Waals surface area contributed by atoms with Gasteiger partial charge in [-0.25, -0.2) is 4.98 Å². The molecule has 2 saturated carbocycles. The minimum atomic E-state index is 0.0404. The normalized spacial score (nSPS) is 23.6. The van der Waals surface area contributed by atoms with Gasteiger partial charge < -0.3 is 19.5 Å². The van der Waals surface area contributed by atoms with Crippen molar-refractivity contribution in [1.82, 2.24) is 20.4 Å². The van der Waals surface area contributed by atoms with E-state index in [0.29, 0.717) is 17.9 Å². The Morgan fingerprint density at radius 3 is 2.71 bits per heavy atom. The molecule has 3 aliphatic rings. The predicted octanol–water partition coefficient (Wildman–Crippen LogP) is 4.02. The Bertz CT molecular complexity index is 963. The van der Waals surface area contributed by atoms with Crippen LogP contribution in [0.15, 0.2) is 22.7 Å². The second-order valence-electron chi connectivity index (χ2n) is 10.5. The Morgan fingerprint density at radius 1 is 1.15 bits per heavy atom. The Labute approximate surface area is 202 Å². The van der Waals surface area contributed by atoms with Gasteiger partial charge in [0.25, 0.3) is 0 Å². The van der Waals surface area contributed by atoms with Crippen LogP contribution in [-0.4, -0.2) is 52.7 Å². The third-order valence-corrected chi connectivity index (χ3v) is 7.82. The maximum absolute atomic E-state index is 12.3. The highest BCUT2D eigenvalue weighted by Crippen LogP contribution is 2.28. The van der Waals surface area contributed by atoms with E-state index in [4.69, 9.17) is 14.2 Å². The SMILES string of the molecule is Cc1cc(CC(=O)NC2CCC(CCN3CCc4ccc(OC5CCC5)nc4CC3)CC2)on1. The van der Waals surface area contributed by atoms with E-state index in [1.807, 2.05) is 13.0 Å². The Kier molecular flexibility index (Phi) is 7.48. The van der Waals surface area contributed by atoms with Crippen LogP contribution in [0.4, 0.5) is 0 Å². The molecule has 7 nitrogen and oxygen atoms in total. The van der Waals surface area contributed by atoms with Gasteiger partial charge in [0.2, 0.25) is 11.8 Å². The molecular formula is C27H38N4O3. The largest absolute Gasteiger partial charge is 0.474 e. The molecule has 3 heterocycles. The summed E-state index contributed by atoms with van der Waals surface area (Å²) in [5.74, 6) is 2.26. The van der Waals surface area contributed by atoms with Gasteiger partial charge in [-0.05, 0) is 82.7 Å². The summed E-state index contributed by atoms with van der Waals surface area (Å²) in [4.78, 5) is 19.8. The monoisotopic (exact) mass is 466 g/mol. The van der Waals surface area contributed by atoms with Crippen molar-refractivity contribution in [3.8, 4) is 5.88 Å². The number of pyridine rings is 1. The average molecular weight is 467 g/mol. The first-order valence-electron chi connectivity index (χ1n) is 13.2. The van der Waals surface area contributed by atoms with Gasteiger partial charge in [0, 0.05) is 43.4 Å². The summed E-state index contributed by atoms with van der Waals surface area (Å²) >= 11 is 0. The predicted molar refractivity (Wildman–Crippen MR) is 130 cm³/mol. The second kappa shape index (κ2) is 10.9. The fourth-order valence-electron chi connectivity index (χ4n) is 5.45. The fraction of sp³-hybridized carbons (Fsp3) is 0.667. The molecule has 7 heteroatoms. The minimum Gasteiger partial charge on any atom is -0.474 e. The molecule has 0 spiro atoms. The molecular weight excluding hydrogens is 428 g/mol. The molecule has 0 atom stereocenters. The van der Waals surface area contributed by atoms with Crippen LogP contribution in [0.2, 0.25) is 0 Å². The van der Waals surface area contributed by atoms with Crippen LogP contribution in [0.5, 0.6) is 5.88 Å². The molecule has 0 unspecified atom stereocenters. The lowest BCUT2D eigenvalue weighted by Gasteiger charge is -2.30. The lowest BCUT2D eigenvalue weighted by molar-refractivity contribution is -0.121. The van der Waals surface area contributed by atoms with Gasteiger partial charge in [0.05, 0.1) is 12.1 Å². The van der Waals surface area contributed by atoms with Crippen LogP contribution in [0, 0.1) is 12.8 Å². The molecule has 1 N–H and O–H groups in total. The van der Waals surface area contributed by atoms with Gasteiger partial charge >= 0.3 is 0 Å². The molecule has 0 radical (unpaired) electrons. The van der Waals surface area contributed by atoms with E-state index in [9.17, 15) is 4.79 Å². The Hall–Kier alpha value is -2.41. The van der Waals surface area contributed by atoms with Gasteiger partial charge in [0.1, 0.15) is 11.9 Å². The van der Waals surface area contributed by atoms with Gasteiger partial charge in [-0.15, -0.1) is 0 Å². The second-order valence-corrected chi connectivity index (χ2v) is 10.5. The molecule has 34 heavy (non-hydrogen) atoms. The van der Waals surface area contributed by atoms with Crippen molar-refractivity contribution in [2.45, 2.75) is 89.7 Å². The number of carbonyl (C=O) groups is 1. The molecule has 0 aromatic carbocycles. The van der Waals surface area contributed by atoms with Crippen molar-refractivity contribution in [2.24, 2.45) is 5.92 Å². The molecule has 2 aromatic rings. The van der Waals surface area contributed by atoms with Gasteiger partial charge in [-0.2, -0.15) is 0 Å². The van der Waals surface area contributed by atoms with Crippen LogP contribution in [0.1, 0.15) is 74.1 Å². The molecule has 184 valence electrons. The molecule has 1 amide bonds. The summed E-state index contributed by atoms with van der Waals surface area (Å²) in [5.41, 5.74) is 3.44. The van der Waals surface area contributed by atoms with Crippen LogP contribution in [-0.2, 0) is 24.1 Å². The number of hydrogen-bond acceptors (Lipinski definition) is 6. The van der Waals surface area contributed by atoms with E-state index >= 15 is 0 Å². The van der Waals surface area contributed by atoms with Crippen LogP contribution in [0.3, 0.4) is 0 Å². The highest BCUT2D eigenvalue weighted by Gasteiger charge is 2.24. The van der Waals surface area contributed by atoms with Crippen molar-refractivity contribution in [3.63, 3.8) is 0 Å². The standard InChI is InChI=1S/C27H38N4O3/c1-19-17-24(34-30-19)18-26(32)28-22-8-5-20(6-9-22)11-14-31-15-12-21-7-10-27(29-25(21)13-16-31)33-23-3-2-4-23/h7,10,17,20,22-23H,2-6,8-9,11-16,18H2,1H3,(H,28,32). The number of amides is 1. The number of aryl methyl sites for hydroxylation is 1. The average Bonchev–Trinajstić information content (AvgIpc) is 3.10. The summed E-state index contributed by atoms with van der Waals surface area (Å²) in [6, 6.07) is 6.42. The van der Waals surface area contributed by atoms with Crippen LogP contribution in [0.25, 0.3) is 0 Å². The molecule has 5 rings (SSSR count). The summed E-state index contributed by atoms with van der Waals surface area (Å²) in [7, 11) is 0. The molecule has 1 aliphatic heterocycles. The first-order chi connectivity index (χ1) is 16.6. The zero-order chi connectivity index (χ0) is 23.3. The molecule has 0 bridgehead atoms. The van der Waals surface area contributed by atoms with Gasteiger partial charge in [-0.3, -0.25) is 4.79 Å². The van der Waals surface area contributed by atoms with Gasteiger partial charge in [0.15, 0.2) is 0 Å². The van der Waals surface area contributed by atoms with Crippen LogP contribution >= 0.6 is 0 Å². The third kappa shape index (κ3) is 6.17. The topological polar surface area (TPSA) is 80.5 Å². The smallest absolute Gasteiger partial charge is 0.227 e. The summed E-state index contributed by atoms with van der Waals surface area (Å²) in [5, 5.41) is 7.04. The number of carbonyl (C=O) groups excluding carboxylic acids is 1. The first-order valence-corrected chi connectivity index (χ1v) is 13.2. The fourth-order valence-corrected chi connectivity index (χ4v) is 5.45. The first kappa shape index (κ1) is 23.3. The highest BCUT2D eigenvalue weighted by atomic mass is 16.5. The van der Waals surface area contributed by atoms with Crippen molar-refractivity contribution >= 4 is 5.91 Å². The van der Waals surface area contributed by atoms with Crippen molar-refractivity contribution in [1.29, 1.82) is 0 Å². The van der Waals surface area contributed by atoms with E-state index in [1.165, 1.54) is 49.8 Å². The quantitative estimate of drug-likeness (QED) is 0.633. The maximum Gasteiger partial charge on any atom is 0.227 e. The third-order valence-electron chi connectivity index (χ3n) is 7.82. The van der Waals surface area contributed by atoms with Crippen molar-refractivity contribution in [3.05, 3.63) is 40.9 Å². The van der Waals surface area contributed by atoms with E-state index < -0.39 is 0 Å². The maximum atomic E-state index is 12.3. The van der Waals surface area contributed by atoms with Crippen LogP contribution < -0.4 is 10.1 Å². The summed E-state index contributed by atoms with van der Waals surface area (Å²) < 4.78 is 11.2. The molecule has 2 aromatic heterocycles. The molecule has 2 fully saturated rings. The summed E-state index contributed by atoms with van der Waals surface area (Å²) in [6.07, 6.45) is 12.2. The zero-order valence-corrected chi connectivity index (χ0v) is 20.4. The number of nitrogens with one attached hydrogen (secondary N) is 1. The number of ether oxygens (including phenoxy) is 1. The minimum absolute atomic E-state index is 0.0404. The zero-order valence-electron chi connectivity index (χ0n) is 20.4. The van der Waals surface area contributed by atoms with E-state index in [2.05, 4.69) is 27.5 Å². The van der Waals surface area contributed by atoms with E-state index in [-0.39, 0.29) is 12.3 Å². The Morgan fingerprint density at radius 2 is 1.97 bits per heavy atom. The van der Waals surface area contributed by atoms with Crippen molar-refractivity contribution in [2.75, 3.05) is 19.6 Å². The molecule has 0 saturated heterocycles. The molecule has 2 aliphatic carbocycles. The van der Waals surface area contributed by atoms with E-state index in [1.54, 1.807) is 0 Å². The highest BCUT2D eigenvalue weighted by molar-refractivity contribution is 5.78. The Balaban J connectivity index is 1.01. The lowest BCUT2D eigenvalue weighted by Crippen LogP contribution is -2.39. The lowest BCUT2D eigenvalue weighted by atomic mass is 9.84. The number of rotatable bonds is 8. The van der Waals surface area contributed by atoms with Crippen molar-refractivity contribution < 1.29 is 14.1 Å². The summed E-state index contributed by atoms with van der Waals surface area (Å²) in [6.45, 7) is 5.23. The number of hydrogen-bond donors (Lipinski definition) is 1. The number of nitrogens with zero attached hydrogens (tertiary/aromatic N) is 3. The van der Waals surface area contributed by atoms with E-state index in [0.717, 1.165) is 62.8 Å². The number of fused-ring (bicyclic) bond motifs is 1. The number of aromatic nitrogens is 2. The van der Waals surface area contributed by atoms with Gasteiger partial charge in [-0.1, -0.05) is 11.2 Å².